The minimum Gasteiger partial charge on any atom is -0.378 e. The van der Waals surface area contributed by atoms with Crippen molar-refractivity contribution in [2.45, 2.75) is 19.4 Å². The van der Waals surface area contributed by atoms with E-state index in [9.17, 15) is 0 Å². The van der Waals surface area contributed by atoms with Gasteiger partial charge in [0, 0.05) is 25.5 Å². The minimum atomic E-state index is -0.412. The van der Waals surface area contributed by atoms with Gasteiger partial charge in [-0.15, -0.1) is 0 Å². The quantitative estimate of drug-likeness (QED) is 0.899. The highest BCUT2D eigenvalue weighted by molar-refractivity contribution is 5.52. The number of hydrogen-bond acceptors (Lipinski definition) is 3. The van der Waals surface area contributed by atoms with Crippen molar-refractivity contribution >= 4 is 5.69 Å². The Bertz CT molecular complexity index is 535. The van der Waals surface area contributed by atoms with Gasteiger partial charge in [0.05, 0.1) is 23.8 Å². The van der Waals surface area contributed by atoms with E-state index in [1.54, 1.807) is 6.33 Å². The van der Waals surface area contributed by atoms with Gasteiger partial charge in [-0.25, -0.2) is 4.98 Å². The predicted octanol–water partition coefficient (Wildman–Crippen LogP) is 2.13. The molecule has 1 aromatic carbocycles. The van der Waals surface area contributed by atoms with E-state index in [0.717, 1.165) is 17.1 Å². The SMILES string of the molecule is CN(C)c1cccc(-n2cncc2C(C)(C)N)c1. The Balaban J connectivity index is 2.50. The molecule has 0 aliphatic rings. The first-order chi connectivity index (χ1) is 8.39. The van der Waals surface area contributed by atoms with E-state index in [1.165, 1.54) is 0 Å². The van der Waals surface area contributed by atoms with Gasteiger partial charge in [0.15, 0.2) is 0 Å². The van der Waals surface area contributed by atoms with Crippen molar-refractivity contribution in [1.29, 1.82) is 0 Å². The van der Waals surface area contributed by atoms with Crippen LogP contribution in [0.5, 0.6) is 0 Å². The maximum Gasteiger partial charge on any atom is 0.0994 e. The molecule has 0 amide bonds. The summed E-state index contributed by atoms with van der Waals surface area (Å²) in [7, 11) is 4.06. The summed E-state index contributed by atoms with van der Waals surface area (Å²) in [5.41, 5.74) is 8.98. The third kappa shape index (κ3) is 2.38. The largest absolute Gasteiger partial charge is 0.378 e. The number of imidazole rings is 1. The second-order valence-corrected chi connectivity index (χ2v) is 5.28. The molecule has 1 heterocycles. The van der Waals surface area contributed by atoms with Gasteiger partial charge in [0.25, 0.3) is 0 Å². The molecule has 2 rings (SSSR count). The first kappa shape index (κ1) is 12.6. The van der Waals surface area contributed by atoms with Crippen molar-refractivity contribution in [2.24, 2.45) is 5.73 Å². The Kier molecular flexibility index (Phi) is 3.13. The average molecular weight is 244 g/mol. The summed E-state index contributed by atoms with van der Waals surface area (Å²) in [6.07, 6.45) is 3.63. The number of rotatable bonds is 3. The second kappa shape index (κ2) is 4.46. The molecular weight excluding hydrogens is 224 g/mol. The summed E-state index contributed by atoms with van der Waals surface area (Å²) in [5, 5.41) is 0. The molecular formula is C14H20N4. The monoisotopic (exact) mass is 244 g/mol. The van der Waals surface area contributed by atoms with Crippen molar-refractivity contribution in [3.63, 3.8) is 0 Å². The van der Waals surface area contributed by atoms with Gasteiger partial charge in [-0.1, -0.05) is 6.07 Å². The molecule has 0 unspecified atom stereocenters. The molecule has 2 N–H and O–H groups in total. The lowest BCUT2D eigenvalue weighted by Gasteiger charge is -2.21. The van der Waals surface area contributed by atoms with Crippen molar-refractivity contribution < 1.29 is 0 Å². The standard InChI is InChI=1S/C14H20N4/c1-14(2,15)13-9-16-10-18(13)12-7-5-6-11(8-12)17(3)4/h5-10H,15H2,1-4H3. The second-order valence-electron chi connectivity index (χ2n) is 5.28. The zero-order valence-electron chi connectivity index (χ0n) is 11.4. The molecule has 0 saturated carbocycles. The number of aromatic nitrogens is 2. The van der Waals surface area contributed by atoms with Crippen LogP contribution in [0.3, 0.4) is 0 Å². The average Bonchev–Trinajstić information content (AvgIpc) is 2.77. The van der Waals surface area contributed by atoms with E-state index < -0.39 is 5.54 Å². The molecule has 96 valence electrons. The van der Waals surface area contributed by atoms with E-state index in [1.807, 2.05) is 44.8 Å². The third-order valence-corrected chi connectivity index (χ3v) is 2.92. The fourth-order valence-electron chi connectivity index (χ4n) is 1.90. The highest BCUT2D eigenvalue weighted by atomic mass is 15.1. The molecule has 4 nitrogen and oxygen atoms in total. The molecule has 0 saturated heterocycles. The third-order valence-electron chi connectivity index (χ3n) is 2.92. The van der Waals surface area contributed by atoms with E-state index in [-0.39, 0.29) is 0 Å². The highest BCUT2D eigenvalue weighted by Crippen LogP contribution is 2.23. The van der Waals surface area contributed by atoms with Crippen LogP contribution in [0.15, 0.2) is 36.8 Å². The summed E-state index contributed by atoms with van der Waals surface area (Å²) in [6, 6.07) is 8.30. The maximum atomic E-state index is 6.17. The minimum absolute atomic E-state index is 0.412. The van der Waals surface area contributed by atoms with Gasteiger partial charge < -0.3 is 15.2 Å². The molecule has 0 fully saturated rings. The maximum absolute atomic E-state index is 6.17. The van der Waals surface area contributed by atoms with Crippen LogP contribution in [0.2, 0.25) is 0 Å². The lowest BCUT2D eigenvalue weighted by atomic mass is 10.0. The number of benzene rings is 1. The van der Waals surface area contributed by atoms with Crippen molar-refractivity contribution in [1.82, 2.24) is 9.55 Å². The number of anilines is 1. The Morgan fingerprint density at radius 2 is 2.00 bits per heavy atom. The van der Waals surface area contributed by atoms with Crippen molar-refractivity contribution in [3.05, 3.63) is 42.5 Å². The molecule has 0 aliphatic heterocycles. The highest BCUT2D eigenvalue weighted by Gasteiger charge is 2.19. The Morgan fingerprint density at radius 3 is 2.61 bits per heavy atom. The molecule has 4 heteroatoms. The zero-order chi connectivity index (χ0) is 13.3. The fraction of sp³-hybridized carbons (Fsp3) is 0.357. The summed E-state index contributed by atoms with van der Waals surface area (Å²) in [4.78, 5) is 6.29. The van der Waals surface area contributed by atoms with Gasteiger partial charge in [-0.3, -0.25) is 0 Å². The van der Waals surface area contributed by atoms with Crippen LogP contribution in [-0.2, 0) is 5.54 Å². The van der Waals surface area contributed by atoms with Gasteiger partial charge in [-0.05, 0) is 32.0 Å². The number of nitrogens with two attached hydrogens (primary N) is 1. The Morgan fingerprint density at radius 1 is 1.28 bits per heavy atom. The molecule has 0 aliphatic carbocycles. The fourth-order valence-corrected chi connectivity index (χ4v) is 1.90. The molecule has 18 heavy (non-hydrogen) atoms. The normalized spacial score (nSPS) is 11.6. The molecule has 0 bridgehead atoms. The van der Waals surface area contributed by atoms with E-state index in [2.05, 4.69) is 28.1 Å². The summed E-state index contributed by atoms with van der Waals surface area (Å²) in [6.45, 7) is 3.96. The first-order valence-corrected chi connectivity index (χ1v) is 5.99. The smallest absolute Gasteiger partial charge is 0.0994 e. The molecule has 0 spiro atoms. The lowest BCUT2D eigenvalue weighted by molar-refractivity contribution is 0.524. The summed E-state index contributed by atoms with van der Waals surface area (Å²) >= 11 is 0. The van der Waals surface area contributed by atoms with Crippen LogP contribution in [0, 0.1) is 0 Å². The first-order valence-electron chi connectivity index (χ1n) is 5.99. The zero-order valence-corrected chi connectivity index (χ0v) is 11.4. The topological polar surface area (TPSA) is 47.1 Å². The summed E-state index contributed by atoms with van der Waals surface area (Å²) < 4.78 is 2.03. The number of nitrogens with zero attached hydrogens (tertiary/aromatic N) is 3. The molecule has 0 atom stereocenters. The Labute approximate surface area is 108 Å². The van der Waals surface area contributed by atoms with Gasteiger partial charge in [-0.2, -0.15) is 0 Å². The van der Waals surface area contributed by atoms with Crippen LogP contribution in [0.4, 0.5) is 5.69 Å². The molecule has 0 radical (unpaired) electrons. The van der Waals surface area contributed by atoms with Crippen LogP contribution >= 0.6 is 0 Å². The number of hydrogen-bond donors (Lipinski definition) is 1. The Hall–Kier alpha value is -1.81. The molecule has 2 aromatic rings. The van der Waals surface area contributed by atoms with Crippen LogP contribution < -0.4 is 10.6 Å². The predicted molar refractivity (Wildman–Crippen MR) is 75.1 cm³/mol. The van der Waals surface area contributed by atoms with Crippen molar-refractivity contribution in [2.75, 3.05) is 19.0 Å². The van der Waals surface area contributed by atoms with Crippen LogP contribution in [0.1, 0.15) is 19.5 Å². The van der Waals surface area contributed by atoms with E-state index in [4.69, 9.17) is 5.73 Å². The van der Waals surface area contributed by atoms with Gasteiger partial charge in [0.2, 0.25) is 0 Å². The lowest BCUT2D eigenvalue weighted by Crippen LogP contribution is -2.31. The molecule has 1 aromatic heterocycles. The van der Waals surface area contributed by atoms with Gasteiger partial charge in [0.1, 0.15) is 0 Å². The summed E-state index contributed by atoms with van der Waals surface area (Å²) in [5.74, 6) is 0. The van der Waals surface area contributed by atoms with Crippen molar-refractivity contribution in [3.8, 4) is 5.69 Å². The van der Waals surface area contributed by atoms with Gasteiger partial charge >= 0.3 is 0 Å². The van der Waals surface area contributed by atoms with Crippen LogP contribution in [-0.4, -0.2) is 23.6 Å². The van der Waals surface area contributed by atoms with E-state index >= 15 is 0 Å². The van der Waals surface area contributed by atoms with Crippen LogP contribution in [0.25, 0.3) is 5.69 Å². The van der Waals surface area contributed by atoms with E-state index in [0.29, 0.717) is 0 Å².